The summed E-state index contributed by atoms with van der Waals surface area (Å²) in [6.45, 7) is 6.78. The third kappa shape index (κ3) is 4.91. The Kier molecular flexibility index (Phi) is 6.84. The highest BCUT2D eigenvalue weighted by molar-refractivity contribution is 5.37. The van der Waals surface area contributed by atoms with Crippen LogP contribution in [-0.4, -0.2) is 73.6 Å². The van der Waals surface area contributed by atoms with Gasteiger partial charge < -0.3 is 19.8 Å². The van der Waals surface area contributed by atoms with E-state index in [9.17, 15) is 5.11 Å². The van der Waals surface area contributed by atoms with Gasteiger partial charge in [-0.15, -0.1) is 0 Å². The molecule has 0 aromatic heterocycles. The van der Waals surface area contributed by atoms with Crippen molar-refractivity contribution < 1.29 is 14.9 Å². The van der Waals surface area contributed by atoms with Gasteiger partial charge in [-0.05, 0) is 37.4 Å². The second-order valence-corrected chi connectivity index (χ2v) is 6.70. The number of hydrogen-bond acceptors (Lipinski definition) is 5. The summed E-state index contributed by atoms with van der Waals surface area (Å²) in [5.41, 5.74) is 2.39. The lowest BCUT2D eigenvalue weighted by Gasteiger charge is -2.23. The molecule has 1 heterocycles. The van der Waals surface area contributed by atoms with E-state index < -0.39 is 0 Å². The van der Waals surface area contributed by atoms with Gasteiger partial charge in [-0.1, -0.05) is 12.1 Å². The van der Waals surface area contributed by atoms with Gasteiger partial charge in [0.05, 0.1) is 13.7 Å². The summed E-state index contributed by atoms with van der Waals surface area (Å²) >= 11 is 0. The quantitative estimate of drug-likeness (QED) is 0.747. The first kappa shape index (κ1) is 18.2. The molecule has 2 atom stereocenters. The Morgan fingerprint density at radius 2 is 2.00 bits per heavy atom. The van der Waals surface area contributed by atoms with Gasteiger partial charge in [0, 0.05) is 44.9 Å². The molecule has 0 radical (unpaired) electrons. The Hall–Kier alpha value is -1.14. The van der Waals surface area contributed by atoms with Crippen molar-refractivity contribution in [3.8, 4) is 5.75 Å². The van der Waals surface area contributed by atoms with E-state index in [2.05, 4.69) is 34.9 Å². The van der Waals surface area contributed by atoms with Crippen LogP contribution in [0.2, 0.25) is 0 Å². The normalized spacial score (nSPS) is 22.0. The first-order valence-electron chi connectivity index (χ1n) is 8.33. The van der Waals surface area contributed by atoms with Gasteiger partial charge in [-0.3, -0.25) is 4.90 Å². The molecule has 130 valence electrons. The Balaban J connectivity index is 1.99. The maximum Gasteiger partial charge on any atom is 0.123 e. The lowest BCUT2D eigenvalue weighted by molar-refractivity contribution is 0.160. The van der Waals surface area contributed by atoms with E-state index in [0.29, 0.717) is 18.4 Å². The molecule has 1 aromatic carbocycles. The SMILES string of the molecule is COc1cc(C)ccc1CN1C[C@@H](CN(C)CCO)[C@@H](CO)C1. The van der Waals surface area contributed by atoms with Crippen LogP contribution in [0.15, 0.2) is 18.2 Å². The van der Waals surface area contributed by atoms with E-state index in [-0.39, 0.29) is 13.2 Å². The van der Waals surface area contributed by atoms with Crippen LogP contribution in [0.1, 0.15) is 11.1 Å². The number of aryl methyl sites for hydroxylation is 1. The highest BCUT2D eigenvalue weighted by Crippen LogP contribution is 2.28. The number of ether oxygens (including phenoxy) is 1. The van der Waals surface area contributed by atoms with Crippen LogP contribution < -0.4 is 4.74 Å². The van der Waals surface area contributed by atoms with Gasteiger partial charge in [0.25, 0.3) is 0 Å². The summed E-state index contributed by atoms with van der Waals surface area (Å²) in [5.74, 6) is 1.67. The standard InChI is InChI=1S/C18H30N2O3/c1-14-4-5-15(18(8-14)23-3)10-20-11-16(17(12-20)13-22)9-19(2)6-7-21/h4-5,8,16-17,21-22H,6-7,9-13H2,1-3H3/t16-,17-/m1/s1. The molecule has 0 saturated carbocycles. The van der Waals surface area contributed by atoms with Gasteiger partial charge in [-0.25, -0.2) is 0 Å². The molecule has 0 spiro atoms. The van der Waals surface area contributed by atoms with Crippen LogP contribution in [0.5, 0.6) is 5.75 Å². The van der Waals surface area contributed by atoms with Crippen LogP contribution in [0, 0.1) is 18.8 Å². The Labute approximate surface area is 139 Å². The van der Waals surface area contributed by atoms with Gasteiger partial charge in [0.15, 0.2) is 0 Å². The first-order valence-corrected chi connectivity index (χ1v) is 8.33. The summed E-state index contributed by atoms with van der Waals surface area (Å²) in [5, 5.41) is 18.7. The van der Waals surface area contributed by atoms with Crippen molar-refractivity contribution in [2.24, 2.45) is 11.8 Å². The molecular formula is C18H30N2O3. The molecule has 1 aliphatic rings. The van der Waals surface area contributed by atoms with E-state index in [0.717, 1.165) is 31.9 Å². The summed E-state index contributed by atoms with van der Waals surface area (Å²) in [6.07, 6.45) is 0. The Bertz CT molecular complexity index is 495. The summed E-state index contributed by atoms with van der Waals surface area (Å²) in [6, 6.07) is 6.32. The number of benzene rings is 1. The average Bonchev–Trinajstić information content (AvgIpc) is 2.90. The Morgan fingerprint density at radius 1 is 1.26 bits per heavy atom. The molecule has 0 unspecified atom stereocenters. The lowest BCUT2D eigenvalue weighted by Crippen LogP contribution is -2.32. The van der Waals surface area contributed by atoms with Crippen molar-refractivity contribution in [1.82, 2.24) is 9.80 Å². The third-order valence-electron chi connectivity index (χ3n) is 4.75. The van der Waals surface area contributed by atoms with Gasteiger partial charge in [0.2, 0.25) is 0 Å². The molecule has 5 heteroatoms. The van der Waals surface area contributed by atoms with Crippen LogP contribution in [0.25, 0.3) is 0 Å². The molecule has 2 N–H and O–H groups in total. The van der Waals surface area contributed by atoms with Crippen molar-refractivity contribution in [2.45, 2.75) is 13.5 Å². The largest absolute Gasteiger partial charge is 0.496 e. The van der Waals surface area contributed by atoms with E-state index in [1.165, 1.54) is 11.1 Å². The zero-order chi connectivity index (χ0) is 16.8. The summed E-state index contributed by atoms with van der Waals surface area (Å²) in [7, 11) is 3.74. The zero-order valence-electron chi connectivity index (χ0n) is 14.5. The molecule has 1 aliphatic heterocycles. The molecule has 0 aliphatic carbocycles. The summed E-state index contributed by atoms with van der Waals surface area (Å²) in [4.78, 5) is 4.54. The number of rotatable bonds is 8. The highest BCUT2D eigenvalue weighted by atomic mass is 16.5. The first-order chi connectivity index (χ1) is 11.1. The number of methoxy groups -OCH3 is 1. The van der Waals surface area contributed by atoms with E-state index >= 15 is 0 Å². The summed E-state index contributed by atoms with van der Waals surface area (Å²) < 4.78 is 5.50. The van der Waals surface area contributed by atoms with E-state index in [1.54, 1.807) is 7.11 Å². The molecule has 1 saturated heterocycles. The number of nitrogens with zero attached hydrogens (tertiary/aromatic N) is 2. The number of aliphatic hydroxyl groups excluding tert-OH is 2. The third-order valence-corrected chi connectivity index (χ3v) is 4.75. The van der Waals surface area contributed by atoms with E-state index in [4.69, 9.17) is 9.84 Å². The molecule has 2 rings (SSSR count). The molecule has 5 nitrogen and oxygen atoms in total. The topological polar surface area (TPSA) is 56.2 Å². The second kappa shape index (κ2) is 8.64. The van der Waals surface area contributed by atoms with Gasteiger partial charge in [0.1, 0.15) is 5.75 Å². The smallest absolute Gasteiger partial charge is 0.123 e. The van der Waals surface area contributed by atoms with Crippen molar-refractivity contribution in [2.75, 3.05) is 53.6 Å². The minimum Gasteiger partial charge on any atom is -0.496 e. The maximum atomic E-state index is 9.68. The van der Waals surface area contributed by atoms with Crippen LogP contribution in [-0.2, 0) is 6.54 Å². The molecule has 0 bridgehead atoms. The van der Waals surface area contributed by atoms with Gasteiger partial charge >= 0.3 is 0 Å². The zero-order valence-corrected chi connectivity index (χ0v) is 14.5. The number of likely N-dealkylation sites (N-methyl/N-ethyl adjacent to an activating group) is 1. The molecule has 1 fully saturated rings. The second-order valence-electron chi connectivity index (χ2n) is 6.70. The number of likely N-dealkylation sites (tertiary alicyclic amines) is 1. The maximum absolute atomic E-state index is 9.68. The molecule has 23 heavy (non-hydrogen) atoms. The van der Waals surface area contributed by atoms with Crippen LogP contribution in [0.3, 0.4) is 0 Å². The minimum absolute atomic E-state index is 0.178. The fraction of sp³-hybridized carbons (Fsp3) is 0.667. The fourth-order valence-corrected chi connectivity index (χ4v) is 3.46. The lowest BCUT2D eigenvalue weighted by atomic mass is 9.96. The van der Waals surface area contributed by atoms with Gasteiger partial charge in [-0.2, -0.15) is 0 Å². The molecular weight excluding hydrogens is 292 g/mol. The van der Waals surface area contributed by atoms with Crippen molar-refractivity contribution in [1.29, 1.82) is 0 Å². The highest BCUT2D eigenvalue weighted by Gasteiger charge is 2.33. The van der Waals surface area contributed by atoms with Crippen LogP contribution >= 0.6 is 0 Å². The monoisotopic (exact) mass is 322 g/mol. The Morgan fingerprint density at radius 3 is 2.65 bits per heavy atom. The van der Waals surface area contributed by atoms with Crippen molar-refractivity contribution in [3.05, 3.63) is 29.3 Å². The predicted molar refractivity (Wildman–Crippen MR) is 91.7 cm³/mol. The van der Waals surface area contributed by atoms with Crippen molar-refractivity contribution >= 4 is 0 Å². The fourth-order valence-electron chi connectivity index (χ4n) is 3.46. The predicted octanol–water partition coefficient (Wildman–Crippen LogP) is 0.968. The molecule has 1 aromatic rings. The molecule has 0 amide bonds. The van der Waals surface area contributed by atoms with Crippen molar-refractivity contribution in [3.63, 3.8) is 0 Å². The number of aliphatic hydroxyl groups is 2. The van der Waals surface area contributed by atoms with E-state index in [1.807, 2.05) is 7.05 Å². The minimum atomic E-state index is 0.178. The van der Waals surface area contributed by atoms with Crippen LogP contribution in [0.4, 0.5) is 0 Å². The average molecular weight is 322 g/mol. The number of hydrogen-bond donors (Lipinski definition) is 2.